The first-order chi connectivity index (χ1) is 14.0. The molecule has 2 aromatic carbocycles. The maximum absolute atomic E-state index is 12.9. The number of carbonyl (C=O) groups excluding carboxylic acids is 3. The van der Waals surface area contributed by atoms with Gasteiger partial charge in [-0.25, -0.2) is 0 Å². The lowest BCUT2D eigenvalue weighted by Gasteiger charge is -2.26. The molecular formula is C23H24N2O4. The molecule has 0 aromatic heterocycles. The second kappa shape index (κ2) is 7.70. The van der Waals surface area contributed by atoms with Gasteiger partial charge in [-0.05, 0) is 49.6 Å². The van der Waals surface area contributed by atoms with Gasteiger partial charge in [0.2, 0.25) is 5.91 Å². The molecule has 0 spiro atoms. The monoisotopic (exact) mass is 392 g/mol. The van der Waals surface area contributed by atoms with Gasteiger partial charge < -0.3 is 9.64 Å². The van der Waals surface area contributed by atoms with Crippen LogP contribution in [-0.4, -0.2) is 47.7 Å². The zero-order valence-electron chi connectivity index (χ0n) is 16.7. The molecule has 3 amide bonds. The van der Waals surface area contributed by atoms with E-state index in [-0.39, 0.29) is 36.7 Å². The van der Waals surface area contributed by atoms with Crippen LogP contribution in [0.5, 0.6) is 5.75 Å². The van der Waals surface area contributed by atoms with Gasteiger partial charge in [0.25, 0.3) is 11.8 Å². The van der Waals surface area contributed by atoms with Crippen LogP contribution in [0.25, 0.3) is 0 Å². The Hall–Kier alpha value is -3.15. The predicted octanol–water partition coefficient (Wildman–Crippen LogP) is 3.35. The fourth-order valence-electron chi connectivity index (χ4n) is 4.20. The van der Waals surface area contributed by atoms with Gasteiger partial charge in [0.1, 0.15) is 5.75 Å². The lowest BCUT2D eigenvalue weighted by molar-refractivity contribution is -0.132. The van der Waals surface area contributed by atoms with Crippen molar-refractivity contribution >= 4 is 17.7 Å². The number of hydrogen-bond donors (Lipinski definition) is 0. The largest absolute Gasteiger partial charge is 0.497 e. The molecule has 2 aromatic rings. The number of benzene rings is 2. The van der Waals surface area contributed by atoms with Crippen molar-refractivity contribution in [3.8, 4) is 5.75 Å². The Morgan fingerprint density at radius 3 is 2.52 bits per heavy atom. The van der Waals surface area contributed by atoms with Crippen LogP contribution in [0.15, 0.2) is 42.5 Å². The van der Waals surface area contributed by atoms with Crippen LogP contribution in [-0.2, 0) is 4.79 Å². The highest BCUT2D eigenvalue weighted by Crippen LogP contribution is 2.33. The van der Waals surface area contributed by atoms with E-state index in [4.69, 9.17) is 4.74 Å². The molecule has 0 bridgehead atoms. The highest BCUT2D eigenvalue weighted by molar-refractivity contribution is 6.21. The second-order valence-corrected chi connectivity index (χ2v) is 7.58. The summed E-state index contributed by atoms with van der Waals surface area (Å²) >= 11 is 0. The van der Waals surface area contributed by atoms with Crippen molar-refractivity contribution in [2.24, 2.45) is 0 Å². The van der Waals surface area contributed by atoms with Crippen molar-refractivity contribution in [1.29, 1.82) is 0 Å². The van der Waals surface area contributed by atoms with E-state index in [0.717, 1.165) is 29.7 Å². The van der Waals surface area contributed by atoms with Crippen LogP contribution in [0.2, 0.25) is 0 Å². The van der Waals surface area contributed by atoms with Gasteiger partial charge >= 0.3 is 0 Å². The first kappa shape index (κ1) is 19.2. The van der Waals surface area contributed by atoms with Crippen LogP contribution in [0, 0.1) is 6.92 Å². The molecule has 6 nitrogen and oxygen atoms in total. The molecule has 2 aliphatic heterocycles. The molecule has 6 heteroatoms. The predicted molar refractivity (Wildman–Crippen MR) is 108 cm³/mol. The van der Waals surface area contributed by atoms with E-state index in [0.29, 0.717) is 17.7 Å². The maximum Gasteiger partial charge on any atom is 0.261 e. The van der Waals surface area contributed by atoms with Crippen molar-refractivity contribution in [2.45, 2.75) is 32.2 Å². The molecule has 0 N–H and O–H groups in total. The average Bonchev–Trinajstić information content (AvgIpc) is 3.31. The summed E-state index contributed by atoms with van der Waals surface area (Å²) in [6.45, 7) is 2.68. The fourth-order valence-corrected chi connectivity index (χ4v) is 4.20. The quantitative estimate of drug-likeness (QED) is 0.732. The van der Waals surface area contributed by atoms with E-state index in [2.05, 4.69) is 0 Å². The third kappa shape index (κ3) is 3.50. The van der Waals surface area contributed by atoms with Gasteiger partial charge in [-0.15, -0.1) is 0 Å². The number of rotatable bonds is 5. The lowest BCUT2D eigenvalue weighted by Crippen LogP contribution is -2.36. The summed E-state index contributed by atoms with van der Waals surface area (Å²) < 4.78 is 5.21. The van der Waals surface area contributed by atoms with Gasteiger partial charge in [0.15, 0.2) is 0 Å². The lowest BCUT2D eigenvalue weighted by atomic mass is 10.0. The van der Waals surface area contributed by atoms with Gasteiger partial charge in [0.05, 0.1) is 24.3 Å². The summed E-state index contributed by atoms with van der Waals surface area (Å²) in [6.07, 6.45) is 1.98. The van der Waals surface area contributed by atoms with Gasteiger partial charge in [-0.3, -0.25) is 19.3 Å². The summed E-state index contributed by atoms with van der Waals surface area (Å²) in [4.78, 5) is 41.1. The highest BCUT2D eigenvalue weighted by Gasteiger charge is 2.36. The minimum Gasteiger partial charge on any atom is -0.497 e. The van der Waals surface area contributed by atoms with Crippen molar-refractivity contribution in [3.05, 3.63) is 64.7 Å². The molecule has 150 valence electrons. The van der Waals surface area contributed by atoms with Crippen molar-refractivity contribution in [2.75, 3.05) is 20.2 Å². The van der Waals surface area contributed by atoms with Crippen molar-refractivity contribution in [3.63, 3.8) is 0 Å². The van der Waals surface area contributed by atoms with E-state index >= 15 is 0 Å². The molecule has 2 aliphatic rings. The number of hydrogen-bond acceptors (Lipinski definition) is 4. The Kier molecular flexibility index (Phi) is 5.09. The summed E-state index contributed by atoms with van der Waals surface area (Å²) in [5, 5.41) is 0. The number of methoxy groups -OCH3 is 1. The molecule has 4 rings (SSSR count). The molecule has 2 heterocycles. The van der Waals surface area contributed by atoms with E-state index in [1.165, 1.54) is 4.90 Å². The first-order valence-electron chi connectivity index (χ1n) is 9.90. The standard InChI is InChI=1S/C23H24N2O4/c1-15-5-10-18-19(14-15)23(28)25(22(18)27)13-11-21(26)24-12-3-4-20(24)16-6-8-17(29-2)9-7-16/h5-10,14,20H,3-4,11-13H2,1-2H3/t20-/m1/s1. The first-order valence-corrected chi connectivity index (χ1v) is 9.90. The SMILES string of the molecule is COc1ccc([C@H]2CCCN2C(=O)CCN2C(=O)c3ccc(C)cc3C2=O)cc1. The maximum atomic E-state index is 12.9. The number of likely N-dealkylation sites (tertiary alicyclic amines) is 1. The summed E-state index contributed by atoms with van der Waals surface area (Å²) in [6, 6.07) is 13.0. The molecule has 1 saturated heterocycles. The number of amides is 3. The van der Waals surface area contributed by atoms with Gasteiger partial charge in [-0.1, -0.05) is 23.8 Å². The Morgan fingerprint density at radius 1 is 1.07 bits per heavy atom. The smallest absolute Gasteiger partial charge is 0.261 e. The van der Waals surface area contributed by atoms with Crippen LogP contribution < -0.4 is 4.74 Å². The zero-order valence-corrected chi connectivity index (χ0v) is 16.7. The third-order valence-corrected chi connectivity index (χ3v) is 5.75. The molecule has 0 saturated carbocycles. The Bertz CT molecular complexity index is 967. The molecule has 0 radical (unpaired) electrons. The fraction of sp³-hybridized carbons (Fsp3) is 0.348. The molecular weight excluding hydrogens is 368 g/mol. The number of carbonyl (C=O) groups is 3. The Morgan fingerprint density at radius 2 is 1.79 bits per heavy atom. The van der Waals surface area contributed by atoms with Gasteiger partial charge in [0, 0.05) is 19.5 Å². The zero-order chi connectivity index (χ0) is 20.5. The molecule has 1 atom stereocenters. The van der Waals surface area contributed by atoms with Crippen LogP contribution in [0.4, 0.5) is 0 Å². The summed E-state index contributed by atoms with van der Waals surface area (Å²) in [5.74, 6) is 0.127. The average molecular weight is 392 g/mol. The Labute approximate surface area is 170 Å². The summed E-state index contributed by atoms with van der Waals surface area (Å²) in [7, 11) is 1.63. The van der Waals surface area contributed by atoms with Crippen LogP contribution >= 0.6 is 0 Å². The van der Waals surface area contributed by atoms with Gasteiger partial charge in [-0.2, -0.15) is 0 Å². The number of imide groups is 1. The third-order valence-electron chi connectivity index (χ3n) is 5.75. The minimum absolute atomic E-state index is 0.0261. The van der Waals surface area contributed by atoms with Crippen LogP contribution in [0.1, 0.15) is 57.1 Å². The number of nitrogens with zero attached hydrogens (tertiary/aromatic N) is 2. The van der Waals surface area contributed by atoms with Crippen molar-refractivity contribution < 1.29 is 19.1 Å². The van der Waals surface area contributed by atoms with Crippen LogP contribution in [0.3, 0.4) is 0 Å². The number of fused-ring (bicyclic) bond motifs is 1. The van der Waals surface area contributed by atoms with Crippen molar-refractivity contribution in [1.82, 2.24) is 9.80 Å². The molecule has 0 unspecified atom stereocenters. The Balaban J connectivity index is 1.43. The number of ether oxygens (including phenoxy) is 1. The van der Waals surface area contributed by atoms with E-state index in [9.17, 15) is 14.4 Å². The topological polar surface area (TPSA) is 66.9 Å². The molecule has 29 heavy (non-hydrogen) atoms. The summed E-state index contributed by atoms with van der Waals surface area (Å²) in [5.41, 5.74) is 2.86. The highest BCUT2D eigenvalue weighted by atomic mass is 16.5. The second-order valence-electron chi connectivity index (χ2n) is 7.58. The molecule has 1 fully saturated rings. The minimum atomic E-state index is -0.314. The van der Waals surface area contributed by atoms with E-state index in [1.807, 2.05) is 42.2 Å². The van der Waals surface area contributed by atoms with E-state index in [1.54, 1.807) is 19.2 Å². The normalized spacial score (nSPS) is 18.3. The van der Waals surface area contributed by atoms with E-state index < -0.39 is 0 Å². The molecule has 0 aliphatic carbocycles. The number of aryl methyl sites for hydroxylation is 1.